The lowest BCUT2D eigenvalue weighted by Crippen LogP contribution is -2.29. The Balaban J connectivity index is 2.21. The number of anilines is 1. The number of hydrogen-bond acceptors (Lipinski definition) is 6. The van der Waals surface area contributed by atoms with Crippen LogP contribution in [0.4, 0.5) is 14.5 Å². The highest BCUT2D eigenvalue weighted by molar-refractivity contribution is 7.99. The maximum atomic E-state index is 14.4. The third-order valence-electron chi connectivity index (χ3n) is 3.82. The van der Waals surface area contributed by atoms with Gasteiger partial charge in [-0.3, -0.25) is 10.2 Å². The summed E-state index contributed by atoms with van der Waals surface area (Å²) in [5.74, 6) is -2.98. The number of carbonyl (C=O) groups is 1. The van der Waals surface area contributed by atoms with E-state index < -0.39 is 40.6 Å². The molecule has 1 aromatic rings. The summed E-state index contributed by atoms with van der Waals surface area (Å²) in [4.78, 5) is 16.6. The maximum absolute atomic E-state index is 14.4. The van der Waals surface area contributed by atoms with Gasteiger partial charge in [0.05, 0.1) is 5.56 Å². The topological polar surface area (TPSA) is 101 Å². The van der Waals surface area contributed by atoms with Crippen LogP contribution in [-0.4, -0.2) is 36.4 Å². The van der Waals surface area contributed by atoms with Gasteiger partial charge in [-0.1, -0.05) is 18.5 Å². The SMILES string of the molecule is C=C(C(=N)C(=O)c1ccc(F)c(NSC)c1F)/C(N)=N/C1CCCCO1. The number of nitrogens with zero attached hydrogens (tertiary/aromatic N) is 1. The van der Waals surface area contributed by atoms with Crippen molar-refractivity contribution < 1.29 is 18.3 Å². The highest BCUT2D eigenvalue weighted by atomic mass is 32.2. The molecule has 0 radical (unpaired) electrons. The van der Waals surface area contributed by atoms with Crippen LogP contribution in [0.3, 0.4) is 0 Å². The van der Waals surface area contributed by atoms with E-state index in [4.69, 9.17) is 15.9 Å². The molecule has 26 heavy (non-hydrogen) atoms. The Morgan fingerprint density at radius 1 is 1.46 bits per heavy atom. The number of benzene rings is 1. The molecule has 0 spiro atoms. The average molecular weight is 382 g/mol. The number of amidine groups is 1. The van der Waals surface area contributed by atoms with Crippen molar-refractivity contribution in [2.24, 2.45) is 10.7 Å². The number of ether oxygens (including phenoxy) is 1. The zero-order chi connectivity index (χ0) is 19.3. The zero-order valence-electron chi connectivity index (χ0n) is 14.3. The lowest BCUT2D eigenvalue weighted by Gasteiger charge is -2.19. The van der Waals surface area contributed by atoms with E-state index in [9.17, 15) is 13.6 Å². The molecule has 1 aliphatic rings. The molecule has 0 aliphatic carbocycles. The Bertz CT molecular complexity index is 761. The van der Waals surface area contributed by atoms with Crippen molar-refractivity contribution >= 4 is 35.0 Å². The minimum absolute atomic E-state index is 0.111. The minimum atomic E-state index is -1.08. The lowest BCUT2D eigenvalue weighted by molar-refractivity contribution is 0.0223. The summed E-state index contributed by atoms with van der Waals surface area (Å²) >= 11 is 0.977. The summed E-state index contributed by atoms with van der Waals surface area (Å²) in [5.41, 5.74) is 4.18. The first-order valence-electron chi connectivity index (χ1n) is 7.91. The molecular weight excluding hydrogens is 362 g/mol. The number of aliphatic imine (C=N–C) groups is 1. The van der Waals surface area contributed by atoms with E-state index in [1.54, 1.807) is 6.26 Å². The normalized spacial score (nSPS) is 17.7. The van der Waals surface area contributed by atoms with E-state index in [1.807, 2.05) is 0 Å². The molecule has 0 aromatic heterocycles. The predicted molar refractivity (Wildman–Crippen MR) is 99.9 cm³/mol. The second-order valence-electron chi connectivity index (χ2n) is 5.61. The third-order valence-corrected chi connectivity index (χ3v) is 4.22. The van der Waals surface area contributed by atoms with Crippen molar-refractivity contribution in [3.05, 3.63) is 41.5 Å². The van der Waals surface area contributed by atoms with Crippen molar-refractivity contribution in [2.45, 2.75) is 25.5 Å². The number of ketones is 1. The van der Waals surface area contributed by atoms with E-state index in [0.29, 0.717) is 13.0 Å². The van der Waals surface area contributed by atoms with E-state index >= 15 is 0 Å². The standard InChI is InChI=1S/C17H20F2N4O2S/c1-9(17(21)22-12-5-3-4-8-25-12)14(20)16(24)10-6-7-11(18)15(13(10)19)23-26-2/h6-7,12,20,23H,1,3-5,8H2,2H3,(H2,21,22). The largest absolute Gasteiger partial charge is 0.383 e. The molecule has 1 saturated heterocycles. The maximum Gasteiger partial charge on any atom is 0.214 e. The van der Waals surface area contributed by atoms with Gasteiger partial charge in [-0.2, -0.15) is 0 Å². The smallest absolute Gasteiger partial charge is 0.214 e. The number of carbonyl (C=O) groups excluding carboxylic acids is 1. The average Bonchev–Trinajstić information content (AvgIpc) is 2.64. The molecule has 1 atom stereocenters. The summed E-state index contributed by atoms with van der Waals surface area (Å²) < 4.78 is 36.0. The quantitative estimate of drug-likeness (QED) is 0.291. The molecule has 1 unspecified atom stereocenters. The molecule has 1 fully saturated rings. The molecule has 2 rings (SSSR count). The first-order chi connectivity index (χ1) is 12.4. The van der Waals surface area contributed by atoms with Gasteiger partial charge in [-0.15, -0.1) is 0 Å². The number of nitrogens with one attached hydrogen (secondary N) is 2. The van der Waals surface area contributed by atoms with E-state index in [0.717, 1.165) is 36.9 Å². The Labute approximate surface area is 154 Å². The fraction of sp³-hybridized carbons (Fsp3) is 0.353. The van der Waals surface area contributed by atoms with Crippen LogP contribution in [-0.2, 0) is 4.74 Å². The van der Waals surface area contributed by atoms with Gasteiger partial charge < -0.3 is 15.2 Å². The minimum Gasteiger partial charge on any atom is -0.383 e. The van der Waals surface area contributed by atoms with Gasteiger partial charge in [0.2, 0.25) is 5.78 Å². The van der Waals surface area contributed by atoms with Crippen LogP contribution in [0.5, 0.6) is 0 Å². The molecule has 9 heteroatoms. The fourth-order valence-electron chi connectivity index (χ4n) is 2.38. The van der Waals surface area contributed by atoms with Crippen LogP contribution in [0.1, 0.15) is 29.6 Å². The summed E-state index contributed by atoms with van der Waals surface area (Å²) in [6.45, 7) is 4.17. The van der Waals surface area contributed by atoms with Crippen LogP contribution in [0.25, 0.3) is 0 Å². The van der Waals surface area contributed by atoms with Crippen LogP contribution in [0.15, 0.2) is 29.3 Å². The second kappa shape index (κ2) is 8.91. The molecule has 1 aromatic carbocycles. The van der Waals surface area contributed by atoms with E-state index in [2.05, 4.69) is 16.3 Å². The van der Waals surface area contributed by atoms with E-state index in [-0.39, 0.29) is 11.4 Å². The molecule has 0 bridgehead atoms. The van der Waals surface area contributed by atoms with Gasteiger partial charge in [0.25, 0.3) is 0 Å². The first kappa shape index (κ1) is 20.1. The molecule has 6 nitrogen and oxygen atoms in total. The van der Waals surface area contributed by atoms with Crippen LogP contribution in [0, 0.1) is 17.0 Å². The van der Waals surface area contributed by atoms with Crippen LogP contribution >= 0.6 is 11.9 Å². The third kappa shape index (κ3) is 4.47. The number of halogens is 2. The monoisotopic (exact) mass is 382 g/mol. The highest BCUT2D eigenvalue weighted by Gasteiger charge is 2.24. The van der Waals surface area contributed by atoms with E-state index in [1.165, 1.54) is 0 Å². The number of rotatable bonds is 7. The summed E-state index contributed by atoms with van der Waals surface area (Å²) in [6, 6.07) is 1.94. The first-order valence-corrected chi connectivity index (χ1v) is 9.14. The van der Waals surface area contributed by atoms with Gasteiger partial charge in [0, 0.05) is 18.4 Å². The van der Waals surface area contributed by atoms with Crippen molar-refractivity contribution in [1.82, 2.24) is 0 Å². The summed E-state index contributed by atoms with van der Waals surface area (Å²) in [5, 5.41) is 7.97. The van der Waals surface area contributed by atoms with Gasteiger partial charge in [-0.25, -0.2) is 13.8 Å². The van der Waals surface area contributed by atoms with Crippen LogP contribution in [0.2, 0.25) is 0 Å². The number of nitrogens with two attached hydrogens (primary N) is 1. The van der Waals surface area contributed by atoms with Gasteiger partial charge in [0.1, 0.15) is 23.1 Å². The van der Waals surface area contributed by atoms with Gasteiger partial charge in [0.15, 0.2) is 12.0 Å². The molecule has 0 amide bonds. The molecule has 140 valence electrons. The van der Waals surface area contributed by atoms with Gasteiger partial charge >= 0.3 is 0 Å². The number of Topliss-reactive ketones (excluding diaryl/α,β-unsaturated/α-hetero) is 1. The second-order valence-corrected chi connectivity index (χ2v) is 6.22. The molecule has 1 heterocycles. The van der Waals surface area contributed by atoms with Crippen molar-refractivity contribution in [1.29, 1.82) is 5.41 Å². The van der Waals surface area contributed by atoms with Gasteiger partial charge in [-0.05, 0) is 31.4 Å². The van der Waals surface area contributed by atoms with Crippen molar-refractivity contribution in [3.8, 4) is 0 Å². The predicted octanol–water partition coefficient (Wildman–Crippen LogP) is 3.30. The van der Waals surface area contributed by atoms with Crippen molar-refractivity contribution in [3.63, 3.8) is 0 Å². The van der Waals surface area contributed by atoms with Crippen LogP contribution < -0.4 is 10.5 Å². The lowest BCUT2D eigenvalue weighted by atomic mass is 10.00. The Kier molecular flexibility index (Phi) is 6.87. The Morgan fingerprint density at radius 2 is 2.19 bits per heavy atom. The zero-order valence-corrected chi connectivity index (χ0v) is 15.1. The number of hydrogen-bond donors (Lipinski definition) is 3. The van der Waals surface area contributed by atoms with Crippen molar-refractivity contribution in [2.75, 3.05) is 17.6 Å². The summed E-state index contributed by atoms with van der Waals surface area (Å²) in [6.07, 6.45) is 3.71. The molecule has 0 saturated carbocycles. The highest BCUT2D eigenvalue weighted by Crippen LogP contribution is 2.25. The Morgan fingerprint density at radius 3 is 2.81 bits per heavy atom. The molecule has 1 aliphatic heterocycles. The fourth-order valence-corrected chi connectivity index (χ4v) is 2.77. The summed E-state index contributed by atoms with van der Waals surface area (Å²) in [7, 11) is 0. The molecule has 4 N–H and O–H groups in total. The Hall–Kier alpha value is -2.26. The molecular formula is C17H20F2N4O2S.